The quantitative estimate of drug-likeness (QED) is 0.656. The van der Waals surface area contributed by atoms with Crippen molar-refractivity contribution in [1.82, 2.24) is 14.5 Å². The Bertz CT molecular complexity index is 1150. The van der Waals surface area contributed by atoms with E-state index in [9.17, 15) is 9.59 Å². The molecule has 0 bridgehead atoms. The molecule has 1 unspecified atom stereocenters. The van der Waals surface area contributed by atoms with Gasteiger partial charge in [0.05, 0.1) is 28.0 Å². The van der Waals surface area contributed by atoms with E-state index in [1.54, 1.807) is 10.9 Å². The molecular formula is C20H19ClN4O2S2. The van der Waals surface area contributed by atoms with Gasteiger partial charge in [-0.3, -0.25) is 19.1 Å². The van der Waals surface area contributed by atoms with E-state index < -0.39 is 0 Å². The molecule has 4 heterocycles. The number of hydrogen-bond acceptors (Lipinski definition) is 6. The van der Waals surface area contributed by atoms with Gasteiger partial charge in [-0.05, 0) is 37.6 Å². The number of nitrogens with one attached hydrogen (secondary N) is 1. The number of benzene rings is 1. The van der Waals surface area contributed by atoms with Crippen molar-refractivity contribution >= 4 is 56.5 Å². The smallest absolute Gasteiger partial charge is 0.271 e. The summed E-state index contributed by atoms with van der Waals surface area (Å²) in [5.41, 5.74) is 2.23. The minimum absolute atomic E-state index is 0.0202. The van der Waals surface area contributed by atoms with E-state index in [1.165, 1.54) is 23.1 Å². The van der Waals surface area contributed by atoms with Crippen LogP contribution in [0.5, 0.6) is 0 Å². The molecule has 9 heteroatoms. The molecule has 1 fully saturated rings. The average Bonchev–Trinajstić information content (AvgIpc) is 3.37. The van der Waals surface area contributed by atoms with Gasteiger partial charge in [0, 0.05) is 11.6 Å². The molecule has 1 saturated heterocycles. The van der Waals surface area contributed by atoms with Gasteiger partial charge in [0.25, 0.3) is 5.56 Å². The van der Waals surface area contributed by atoms with Gasteiger partial charge < -0.3 is 5.32 Å². The Kier molecular flexibility index (Phi) is 5.11. The summed E-state index contributed by atoms with van der Waals surface area (Å²) in [6.45, 7) is 2.49. The minimum Gasteiger partial charge on any atom is -0.322 e. The number of halogens is 1. The molecule has 2 aliphatic rings. The monoisotopic (exact) mass is 446 g/mol. The van der Waals surface area contributed by atoms with Gasteiger partial charge >= 0.3 is 0 Å². The molecule has 0 radical (unpaired) electrons. The van der Waals surface area contributed by atoms with Crippen molar-refractivity contribution in [2.45, 2.75) is 29.6 Å². The fraction of sp³-hybridized carbons (Fsp3) is 0.350. The predicted octanol–water partition coefficient (Wildman–Crippen LogP) is 3.99. The Balaban J connectivity index is 1.55. The molecule has 0 aliphatic carbocycles. The number of likely N-dealkylation sites (tertiary alicyclic amines) is 1. The van der Waals surface area contributed by atoms with Crippen LogP contribution in [-0.2, 0) is 11.3 Å². The number of fused-ring (bicyclic) bond motifs is 3. The lowest BCUT2D eigenvalue weighted by Gasteiger charge is -2.29. The molecule has 1 aromatic carbocycles. The fourth-order valence-corrected chi connectivity index (χ4v) is 6.47. The Morgan fingerprint density at radius 3 is 2.79 bits per heavy atom. The van der Waals surface area contributed by atoms with Crippen molar-refractivity contribution in [3.05, 3.63) is 51.5 Å². The van der Waals surface area contributed by atoms with Crippen molar-refractivity contribution in [2.24, 2.45) is 0 Å². The summed E-state index contributed by atoms with van der Waals surface area (Å²) in [5.74, 6) is 0.318. The lowest BCUT2D eigenvalue weighted by molar-refractivity contribution is -0.113. The molecule has 1 N–H and O–H groups in total. The van der Waals surface area contributed by atoms with Crippen LogP contribution in [0.3, 0.4) is 0 Å². The summed E-state index contributed by atoms with van der Waals surface area (Å²) in [6.07, 6.45) is 3.91. The number of anilines is 1. The zero-order valence-electron chi connectivity index (χ0n) is 15.6. The minimum atomic E-state index is -0.0690. The number of carbonyl (C=O) groups is 1. The highest BCUT2D eigenvalue weighted by Gasteiger charge is 2.28. The number of thioether (sulfide) groups is 1. The highest BCUT2D eigenvalue weighted by molar-refractivity contribution is 8.02. The first-order valence-corrected chi connectivity index (χ1v) is 11.7. The number of carbonyl (C=O) groups excluding carboxylic acids is 1. The molecule has 6 nitrogen and oxygen atoms in total. The summed E-state index contributed by atoms with van der Waals surface area (Å²) in [4.78, 5) is 31.9. The van der Waals surface area contributed by atoms with E-state index in [1.807, 2.05) is 24.3 Å². The maximum absolute atomic E-state index is 13.3. The van der Waals surface area contributed by atoms with Gasteiger partial charge in [-0.2, -0.15) is 0 Å². The summed E-state index contributed by atoms with van der Waals surface area (Å²) in [5, 5.41) is 3.58. The average molecular weight is 447 g/mol. The Hall–Kier alpha value is -1.87. The zero-order valence-corrected chi connectivity index (χ0v) is 17.9. The lowest BCUT2D eigenvalue weighted by atomic mass is 10.1. The van der Waals surface area contributed by atoms with E-state index in [4.69, 9.17) is 11.6 Å². The Morgan fingerprint density at radius 2 is 2.00 bits per heavy atom. The molecular weight excluding hydrogens is 428 g/mol. The highest BCUT2D eigenvalue weighted by Crippen LogP contribution is 2.42. The van der Waals surface area contributed by atoms with Crippen LogP contribution in [0.1, 0.15) is 24.4 Å². The van der Waals surface area contributed by atoms with E-state index in [2.05, 4.69) is 15.2 Å². The van der Waals surface area contributed by atoms with Crippen LogP contribution < -0.4 is 10.9 Å². The van der Waals surface area contributed by atoms with Crippen LogP contribution in [0.25, 0.3) is 10.2 Å². The van der Waals surface area contributed by atoms with Crippen molar-refractivity contribution < 1.29 is 4.79 Å². The van der Waals surface area contributed by atoms with E-state index in [0.717, 1.165) is 40.7 Å². The second kappa shape index (κ2) is 7.75. The van der Waals surface area contributed by atoms with Gasteiger partial charge in [-0.1, -0.05) is 29.8 Å². The lowest BCUT2D eigenvalue weighted by Crippen LogP contribution is -2.33. The number of rotatable bonds is 4. The van der Waals surface area contributed by atoms with Gasteiger partial charge in [-0.25, -0.2) is 4.98 Å². The molecule has 2 aliphatic heterocycles. The molecule has 0 saturated carbocycles. The number of aromatic nitrogens is 2. The number of thiophene rings is 1. The third kappa shape index (κ3) is 3.48. The summed E-state index contributed by atoms with van der Waals surface area (Å²) < 4.78 is 3.22. The summed E-state index contributed by atoms with van der Waals surface area (Å²) in [7, 11) is 0. The van der Waals surface area contributed by atoms with Crippen molar-refractivity contribution in [3.8, 4) is 0 Å². The van der Waals surface area contributed by atoms with Crippen LogP contribution in [0.4, 0.5) is 5.69 Å². The van der Waals surface area contributed by atoms with Gasteiger partial charge in [0.1, 0.15) is 10.2 Å². The Morgan fingerprint density at radius 1 is 1.21 bits per heavy atom. The molecule has 29 heavy (non-hydrogen) atoms. The third-order valence-electron chi connectivity index (χ3n) is 5.45. The first-order chi connectivity index (χ1) is 14.1. The largest absolute Gasteiger partial charge is 0.322 e. The first kappa shape index (κ1) is 19.1. The Labute approximate surface area is 180 Å². The van der Waals surface area contributed by atoms with E-state index >= 15 is 0 Å². The molecule has 2 aromatic heterocycles. The summed E-state index contributed by atoms with van der Waals surface area (Å²) >= 11 is 9.39. The fourth-order valence-electron chi connectivity index (χ4n) is 4.02. The molecule has 150 valence electrons. The standard InChI is InChI=1S/C20H19ClN4O2S2/c21-13-6-2-1-5-12(13)14(24-7-3-4-8-24)9-25-11-22-16-17-20(28-10-15(26)23-17)29-18(16)19(25)27/h1-2,5-6,11,14H,3-4,7-10H2,(H,23,26). The number of nitrogens with zero attached hydrogens (tertiary/aromatic N) is 3. The van der Waals surface area contributed by atoms with Crippen molar-refractivity contribution in [2.75, 3.05) is 24.2 Å². The summed E-state index contributed by atoms with van der Waals surface area (Å²) in [6, 6.07) is 7.87. The second-order valence-electron chi connectivity index (χ2n) is 7.26. The van der Waals surface area contributed by atoms with Crippen LogP contribution in [0.15, 0.2) is 39.6 Å². The zero-order chi connectivity index (χ0) is 20.0. The molecule has 0 spiro atoms. The second-order valence-corrected chi connectivity index (χ2v) is 9.93. The van der Waals surface area contributed by atoms with Crippen LogP contribution >= 0.6 is 34.7 Å². The van der Waals surface area contributed by atoms with Crippen LogP contribution in [-0.4, -0.2) is 39.2 Å². The normalized spacial score (nSPS) is 18.0. The molecule has 3 aromatic rings. The number of amides is 1. The third-order valence-corrected chi connectivity index (χ3v) is 8.23. The van der Waals surface area contributed by atoms with E-state index in [-0.39, 0.29) is 17.5 Å². The maximum atomic E-state index is 13.3. The first-order valence-electron chi connectivity index (χ1n) is 9.55. The van der Waals surface area contributed by atoms with Crippen LogP contribution in [0.2, 0.25) is 5.02 Å². The highest BCUT2D eigenvalue weighted by atomic mass is 35.5. The maximum Gasteiger partial charge on any atom is 0.271 e. The molecule has 1 amide bonds. The van der Waals surface area contributed by atoms with Crippen LogP contribution in [0, 0.1) is 0 Å². The van der Waals surface area contributed by atoms with E-state index in [0.29, 0.717) is 28.2 Å². The van der Waals surface area contributed by atoms with Gasteiger partial charge in [0.15, 0.2) is 0 Å². The molecule has 5 rings (SSSR count). The topological polar surface area (TPSA) is 67.2 Å². The number of hydrogen-bond donors (Lipinski definition) is 1. The predicted molar refractivity (Wildman–Crippen MR) is 118 cm³/mol. The van der Waals surface area contributed by atoms with Gasteiger partial charge in [0.2, 0.25) is 5.91 Å². The molecule has 1 atom stereocenters. The van der Waals surface area contributed by atoms with Gasteiger partial charge in [-0.15, -0.1) is 23.1 Å². The van der Waals surface area contributed by atoms with Crippen molar-refractivity contribution in [1.29, 1.82) is 0 Å². The SMILES string of the molecule is O=C1CSc2sc3c(=O)n(CC(c4ccccc4Cl)N4CCCC4)cnc3c2N1. The van der Waals surface area contributed by atoms with Crippen molar-refractivity contribution in [3.63, 3.8) is 0 Å².